The number of aliphatic hydroxyl groups excluding tert-OH is 1. The number of imidazole rings is 1. The summed E-state index contributed by atoms with van der Waals surface area (Å²) in [7, 11) is 1.64. The third-order valence-corrected chi connectivity index (χ3v) is 10.3. The van der Waals surface area contributed by atoms with Gasteiger partial charge in [-0.25, -0.2) is 14.6 Å². The zero-order valence-electron chi connectivity index (χ0n) is 34.8. The van der Waals surface area contributed by atoms with Gasteiger partial charge in [0.1, 0.15) is 11.3 Å². The van der Waals surface area contributed by atoms with Gasteiger partial charge in [-0.3, -0.25) is 13.9 Å². The number of carboxylic acids is 1. The van der Waals surface area contributed by atoms with Gasteiger partial charge in [-0.15, -0.1) is 0 Å². The number of fused-ring (bicyclic) bond motifs is 1. The number of aliphatic carboxylic acids is 1. The van der Waals surface area contributed by atoms with E-state index in [0.29, 0.717) is 128 Å². The maximum atomic E-state index is 13.7. The summed E-state index contributed by atoms with van der Waals surface area (Å²) < 4.78 is 39.6. The molecule has 2 saturated carbocycles. The second-order valence-electron chi connectivity index (χ2n) is 14.8. The van der Waals surface area contributed by atoms with E-state index in [1.807, 2.05) is 12.1 Å². The van der Waals surface area contributed by atoms with Crippen LogP contribution in [0.1, 0.15) is 69.8 Å². The molecule has 0 atom stereocenters. The molecule has 2 fully saturated rings. The molecule has 16 heteroatoms. The predicted octanol–water partition coefficient (Wildman–Crippen LogP) is 4.54. The minimum atomic E-state index is -1.00. The second kappa shape index (κ2) is 28.7. The molecule has 0 aliphatic heterocycles. The average molecular weight is 831 g/mol. The molecule has 330 valence electrons. The molecular formula is C43H66N4O12. The van der Waals surface area contributed by atoms with E-state index in [0.717, 1.165) is 55.7 Å². The number of aromatic nitrogens is 4. The third kappa shape index (κ3) is 17.8. The quantitative estimate of drug-likeness (QED) is 0.0717. The average Bonchev–Trinajstić information content (AvgIpc) is 3.71. The maximum Gasteiger partial charge on any atom is 0.332 e. The van der Waals surface area contributed by atoms with E-state index in [1.54, 1.807) is 23.8 Å². The van der Waals surface area contributed by atoms with Gasteiger partial charge in [0.2, 0.25) is 0 Å². The van der Waals surface area contributed by atoms with Gasteiger partial charge in [0.25, 0.3) is 5.56 Å². The number of hydrogen-bond donors (Lipinski definition) is 3. The fourth-order valence-electron chi connectivity index (χ4n) is 7.21. The number of nitrogens with one attached hydrogen (secondary N) is 1. The molecule has 2 heterocycles. The number of carboxylic acid groups (broad SMARTS) is 1. The molecule has 3 N–H and O–H groups in total. The number of aliphatic hydroxyl groups is 1. The molecule has 3 aromatic rings. The van der Waals surface area contributed by atoms with Crippen LogP contribution in [-0.2, 0) is 51.0 Å². The minimum Gasteiger partial charge on any atom is -0.478 e. The SMILES string of the molecule is COCCOCCOCCOCCOCCOCCOCCO.O=C(O)/C=C/c1ccc(-c2nc3c([nH]2)c(=O)n(CC2CCCCC2)c(=O)n3CC2CCCCC2)cc1. The number of rotatable bonds is 27. The highest BCUT2D eigenvalue weighted by molar-refractivity contribution is 5.85. The van der Waals surface area contributed by atoms with Crippen molar-refractivity contribution in [3.8, 4) is 11.4 Å². The van der Waals surface area contributed by atoms with Crippen molar-refractivity contribution in [3.63, 3.8) is 0 Å². The van der Waals surface area contributed by atoms with Gasteiger partial charge in [0.15, 0.2) is 5.65 Å². The highest BCUT2D eigenvalue weighted by atomic mass is 16.6. The summed E-state index contributed by atoms with van der Waals surface area (Å²) in [5, 5.41) is 17.3. The van der Waals surface area contributed by atoms with Crippen LogP contribution in [0, 0.1) is 11.8 Å². The number of aromatic amines is 1. The zero-order chi connectivity index (χ0) is 41.9. The Morgan fingerprint density at radius 2 is 1.15 bits per heavy atom. The van der Waals surface area contributed by atoms with E-state index in [2.05, 4.69) is 4.98 Å². The van der Waals surface area contributed by atoms with Crippen molar-refractivity contribution in [2.24, 2.45) is 11.8 Å². The molecule has 2 aliphatic carbocycles. The Morgan fingerprint density at radius 3 is 1.61 bits per heavy atom. The number of nitrogens with zero attached hydrogens (tertiary/aromatic N) is 3. The molecule has 0 amide bonds. The van der Waals surface area contributed by atoms with Gasteiger partial charge in [0.05, 0.1) is 92.5 Å². The molecule has 0 saturated heterocycles. The third-order valence-electron chi connectivity index (χ3n) is 10.3. The number of hydrogen-bond acceptors (Lipinski definition) is 12. The largest absolute Gasteiger partial charge is 0.478 e. The van der Waals surface area contributed by atoms with Crippen LogP contribution in [0.25, 0.3) is 28.6 Å². The highest BCUT2D eigenvalue weighted by Crippen LogP contribution is 2.27. The first-order valence-corrected chi connectivity index (χ1v) is 21.2. The van der Waals surface area contributed by atoms with E-state index < -0.39 is 5.97 Å². The maximum absolute atomic E-state index is 13.7. The molecule has 0 radical (unpaired) electrons. The van der Waals surface area contributed by atoms with Crippen molar-refractivity contribution < 1.29 is 48.2 Å². The van der Waals surface area contributed by atoms with Crippen LogP contribution < -0.4 is 11.2 Å². The van der Waals surface area contributed by atoms with Crippen molar-refractivity contribution in [1.82, 2.24) is 19.1 Å². The summed E-state index contributed by atoms with van der Waals surface area (Å²) in [5.74, 6) is 0.305. The first-order valence-electron chi connectivity index (χ1n) is 21.2. The smallest absolute Gasteiger partial charge is 0.332 e. The lowest BCUT2D eigenvalue weighted by atomic mass is 9.89. The van der Waals surface area contributed by atoms with Crippen molar-refractivity contribution >= 4 is 23.2 Å². The van der Waals surface area contributed by atoms with Crippen LogP contribution in [0.4, 0.5) is 0 Å². The Kier molecular flexibility index (Phi) is 23.3. The zero-order valence-corrected chi connectivity index (χ0v) is 34.8. The van der Waals surface area contributed by atoms with E-state index in [1.165, 1.54) is 36.3 Å². The molecule has 1 aromatic carbocycles. The molecule has 5 rings (SSSR count). The summed E-state index contributed by atoms with van der Waals surface area (Å²) in [5.41, 5.74) is 1.80. The summed E-state index contributed by atoms with van der Waals surface area (Å²) in [4.78, 5) is 46.0. The number of methoxy groups -OCH3 is 1. The molecule has 16 nitrogen and oxygen atoms in total. The summed E-state index contributed by atoms with van der Waals surface area (Å²) in [6, 6.07) is 7.28. The van der Waals surface area contributed by atoms with Crippen LogP contribution in [0.3, 0.4) is 0 Å². The first-order chi connectivity index (χ1) is 28.9. The fourth-order valence-corrected chi connectivity index (χ4v) is 7.21. The Morgan fingerprint density at radius 1 is 0.695 bits per heavy atom. The van der Waals surface area contributed by atoms with Gasteiger partial charge < -0.3 is 48.4 Å². The Bertz CT molecular complexity index is 1720. The molecule has 0 unspecified atom stereocenters. The normalized spacial score (nSPS) is 15.2. The van der Waals surface area contributed by atoms with E-state index in [-0.39, 0.29) is 17.9 Å². The molecular weight excluding hydrogens is 764 g/mol. The lowest BCUT2D eigenvalue weighted by Gasteiger charge is -2.24. The van der Waals surface area contributed by atoms with Crippen molar-refractivity contribution in [1.29, 1.82) is 0 Å². The Labute approximate surface area is 346 Å². The molecule has 59 heavy (non-hydrogen) atoms. The fraction of sp³-hybridized carbons (Fsp3) is 0.674. The Hall–Kier alpha value is -3.74. The van der Waals surface area contributed by atoms with Crippen LogP contribution in [0.15, 0.2) is 39.9 Å². The summed E-state index contributed by atoms with van der Waals surface area (Å²) in [6.45, 7) is 7.96. The molecule has 0 bridgehead atoms. The Balaban J connectivity index is 0.000000291. The van der Waals surface area contributed by atoms with Crippen LogP contribution >= 0.6 is 0 Å². The van der Waals surface area contributed by atoms with E-state index in [9.17, 15) is 14.4 Å². The van der Waals surface area contributed by atoms with Crippen molar-refractivity contribution in [2.45, 2.75) is 77.3 Å². The number of benzene rings is 1. The van der Waals surface area contributed by atoms with Crippen LogP contribution in [0.5, 0.6) is 0 Å². The van der Waals surface area contributed by atoms with E-state index in [4.69, 9.17) is 48.4 Å². The highest BCUT2D eigenvalue weighted by Gasteiger charge is 2.24. The van der Waals surface area contributed by atoms with Crippen LogP contribution in [0.2, 0.25) is 0 Å². The molecule has 2 aliphatic rings. The predicted molar refractivity (Wildman–Crippen MR) is 224 cm³/mol. The lowest BCUT2D eigenvalue weighted by molar-refractivity contribution is -0.131. The minimum absolute atomic E-state index is 0.0380. The van der Waals surface area contributed by atoms with Gasteiger partial charge in [-0.2, -0.15) is 0 Å². The van der Waals surface area contributed by atoms with Gasteiger partial charge >= 0.3 is 11.7 Å². The topological polar surface area (TPSA) is 195 Å². The summed E-state index contributed by atoms with van der Waals surface area (Å²) >= 11 is 0. The van der Waals surface area contributed by atoms with E-state index >= 15 is 0 Å². The van der Waals surface area contributed by atoms with Crippen LogP contribution in [-0.4, -0.2) is 135 Å². The van der Waals surface area contributed by atoms with Crippen molar-refractivity contribution in [2.75, 3.05) is 99.6 Å². The number of H-pyrrole nitrogens is 1. The lowest BCUT2D eigenvalue weighted by Crippen LogP contribution is -2.42. The monoisotopic (exact) mass is 830 g/mol. The standard InChI is InChI=1S/C28H34N4O4.C15H32O8/c33-23(34)16-13-19-11-14-22(15-12-19)25-29-24-26(30-25)31(17-20-7-3-1-4-8-20)28(36)32(27(24)35)18-21-9-5-2-6-10-21;1-17-4-5-19-8-9-21-12-13-23-15-14-22-11-10-20-7-6-18-3-2-16/h11-16,20-21H,1-10,17-18H2,(H,29,30)(H,33,34);16H,2-15H2,1H3/b16-13+;. The number of carbonyl (C=O) groups is 1. The summed E-state index contributed by atoms with van der Waals surface area (Å²) in [6.07, 6.45) is 14.1. The van der Waals surface area contributed by atoms with Gasteiger partial charge in [-0.1, -0.05) is 62.8 Å². The second-order valence-corrected chi connectivity index (χ2v) is 14.8. The molecule has 2 aromatic heterocycles. The first kappa shape index (κ1) is 47.9. The van der Waals surface area contributed by atoms with Gasteiger partial charge in [-0.05, 0) is 49.2 Å². The van der Waals surface area contributed by atoms with Crippen molar-refractivity contribution in [3.05, 3.63) is 56.7 Å². The van der Waals surface area contributed by atoms with Gasteiger partial charge in [0, 0.05) is 31.8 Å². The number of ether oxygens (including phenoxy) is 7. The molecule has 0 spiro atoms.